The van der Waals surface area contributed by atoms with Crippen molar-refractivity contribution >= 4 is 23.4 Å². The Kier molecular flexibility index (Phi) is 6.49. The van der Waals surface area contributed by atoms with E-state index in [0.29, 0.717) is 5.75 Å². The predicted octanol–water partition coefficient (Wildman–Crippen LogP) is 3.84. The largest absolute Gasteiger partial charge is 0.325 e. The fraction of sp³-hybridized carbons (Fsp3) is 0.278. The molecule has 0 aliphatic heterocycles. The highest BCUT2D eigenvalue weighted by Gasteiger charge is 2.04. The summed E-state index contributed by atoms with van der Waals surface area (Å²) in [6.45, 7) is 5.89. The number of thioether (sulfide) groups is 1. The van der Waals surface area contributed by atoms with E-state index in [9.17, 15) is 4.79 Å². The van der Waals surface area contributed by atoms with Gasteiger partial charge in [-0.25, -0.2) is 0 Å². The van der Waals surface area contributed by atoms with Crippen LogP contribution in [0.25, 0.3) is 0 Å². The summed E-state index contributed by atoms with van der Waals surface area (Å²) in [7, 11) is 0. The molecule has 0 saturated carbocycles. The van der Waals surface area contributed by atoms with Gasteiger partial charge in [0, 0.05) is 17.1 Å². The summed E-state index contributed by atoms with van der Waals surface area (Å²) >= 11 is 1.55. The summed E-state index contributed by atoms with van der Waals surface area (Å²) in [5, 5.41) is 6.23. The topological polar surface area (TPSA) is 41.1 Å². The molecule has 0 aromatic heterocycles. The van der Waals surface area contributed by atoms with Gasteiger partial charge in [-0.15, -0.1) is 11.8 Å². The summed E-state index contributed by atoms with van der Waals surface area (Å²) in [4.78, 5) is 13.1. The second-order valence-corrected chi connectivity index (χ2v) is 6.18. The van der Waals surface area contributed by atoms with Crippen LogP contribution in [0, 0.1) is 6.92 Å². The third kappa shape index (κ3) is 5.54. The second-order valence-electron chi connectivity index (χ2n) is 5.13. The molecule has 0 bridgehead atoms. The third-order valence-electron chi connectivity index (χ3n) is 3.18. The number of anilines is 1. The molecule has 2 rings (SSSR count). The van der Waals surface area contributed by atoms with Crippen molar-refractivity contribution in [2.24, 2.45) is 0 Å². The van der Waals surface area contributed by atoms with Crippen molar-refractivity contribution in [3.63, 3.8) is 0 Å². The molecule has 0 saturated heterocycles. The second kappa shape index (κ2) is 8.61. The molecule has 116 valence electrons. The summed E-state index contributed by atoms with van der Waals surface area (Å²) in [5.74, 6) is 0.437. The van der Waals surface area contributed by atoms with Gasteiger partial charge in [0.25, 0.3) is 0 Å². The van der Waals surface area contributed by atoms with E-state index in [2.05, 4.69) is 42.7 Å². The first kappa shape index (κ1) is 16.6. The molecule has 0 spiro atoms. The minimum atomic E-state index is 0.0196. The normalized spacial score (nSPS) is 10.5. The first-order chi connectivity index (χ1) is 10.7. The van der Waals surface area contributed by atoms with Crippen molar-refractivity contribution in [3.8, 4) is 0 Å². The first-order valence-corrected chi connectivity index (χ1v) is 8.45. The van der Waals surface area contributed by atoms with E-state index >= 15 is 0 Å². The van der Waals surface area contributed by atoms with Gasteiger partial charge < -0.3 is 10.6 Å². The molecule has 2 aromatic rings. The number of carbonyl (C=O) groups excluding carboxylic acids is 1. The van der Waals surface area contributed by atoms with Gasteiger partial charge in [0.05, 0.1) is 5.75 Å². The molecule has 0 unspecified atom stereocenters. The van der Waals surface area contributed by atoms with Gasteiger partial charge in [-0.3, -0.25) is 4.79 Å². The first-order valence-electron chi connectivity index (χ1n) is 7.46. The lowest BCUT2D eigenvalue weighted by molar-refractivity contribution is -0.113. The maximum absolute atomic E-state index is 12.0. The smallest absolute Gasteiger partial charge is 0.234 e. The van der Waals surface area contributed by atoms with E-state index in [4.69, 9.17) is 0 Å². The van der Waals surface area contributed by atoms with Gasteiger partial charge in [0.1, 0.15) is 0 Å². The van der Waals surface area contributed by atoms with E-state index in [1.165, 1.54) is 11.1 Å². The molecule has 3 nitrogen and oxygen atoms in total. The average molecular weight is 314 g/mol. The molecular formula is C18H22N2OS. The minimum Gasteiger partial charge on any atom is -0.325 e. The number of nitrogens with one attached hydrogen (secondary N) is 2. The molecule has 2 N–H and O–H groups in total. The zero-order valence-electron chi connectivity index (χ0n) is 13.1. The Morgan fingerprint density at radius 2 is 1.91 bits per heavy atom. The van der Waals surface area contributed by atoms with Gasteiger partial charge in [-0.1, -0.05) is 36.8 Å². The molecule has 0 atom stereocenters. The van der Waals surface area contributed by atoms with Gasteiger partial charge in [0.2, 0.25) is 5.91 Å². The lowest BCUT2D eigenvalue weighted by Gasteiger charge is -2.08. The van der Waals surface area contributed by atoms with Crippen LogP contribution in [0.4, 0.5) is 5.69 Å². The lowest BCUT2D eigenvalue weighted by Crippen LogP contribution is -2.15. The number of hydrogen-bond acceptors (Lipinski definition) is 3. The van der Waals surface area contributed by atoms with Crippen LogP contribution in [-0.4, -0.2) is 18.2 Å². The van der Waals surface area contributed by atoms with Crippen LogP contribution in [0.3, 0.4) is 0 Å². The van der Waals surface area contributed by atoms with E-state index in [0.717, 1.165) is 23.7 Å². The van der Waals surface area contributed by atoms with Crippen molar-refractivity contribution in [1.82, 2.24) is 5.32 Å². The maximum atomic E-state index is 12.0. The van der Waals surface area contributed by atoms with Crippen LogP contribution in [-0.2, 0) is 11.3 Å². The molecule has 0 radical (unpaired) electrons. The fourth-order valence-corrected chi connectivity index (χ4v) is 2.71. The minimum absolute atomic E-state index is 0.0196. The molecular weight excluding hydrogens is 292 g/mol. The Balaban J connectivity index is 1.85. The Hall–Kier alpha value is -1.78. The molecule has 0 fully saturated rings. The zero-order chi connectivity index (χ0) is 15.8. The van der Waals surface area contributed by atoms with Crippen LogP contribution in [0.15, 0.2) is 53.4 Å². The Morgan fingerprint density at radius 1 is 1.14 bits per heavy atom. The highest BCUT2D eigenvalue weighted by molar-refractivity contribution is 8.00. The lowest BCUT2D eigenvalue weighted by atomic mass is 10.2. The highest BCUT2D eigenvalue weighted by atomic mass is 32.2. The molecule has 22 heavy (non-hydrogen) atoms. The van der Waals surface area contributed by atoms with E-state index in [-0.39, 0.29) is 5.91 Å². The highest BCUT2D eigenvalue weighted by Crippen LogP contribution is 2.19. The van der Waals surface area contributed by atoms with Crippen LogP contribution < -0.4 is 10.6 Å². The van der Waals surface area contributed by atoms with Crippen molar-refractivity contribution in [2.45, 2.75) is 25.3 Å². The van der Waals surface area contributed by atoms with Crippen LogP contribution in [0.2, 0.25) is 0 Å². The maximum Gasteiger partial charge on any atom is 0.234 e. The van der Waals surface area contributed by atoms with Gasteiger partial charge >= 0.3 is 0 Å². The number of carbonyl (C=O) groups is 1. The van der Waals surface area contributed by atoms with Crippen LogP contribution in [0.1, 0.15) is 18.1 Å². The van der Waals surface area contributed by atoms with Crippen molar-refractivity contribution < 1.29 is 4.79 Å². The zero-order valence-corrected chi connectivity index (χ0v) is 13.9. The monoisotopic (exact) mass is 314 g/mol. The van der Waals surface area contributed by atoms with Crippen molar-refractivity contribution in [1.29, 1.82) is 0 Å². The SMILES string of the molecule is CCNCc1cccc(NC(=O)CSc2ccc(C)cc2)c1. The standard InChI is InChI=1S/C18H22N2OS/c1-3-19-12-15-5-4-6-16(11-15)20-18(21)13-22-17-9-7-14(2)8-10-17/h4-11,19H,3,12-13H2,1-2H3,(H,20,21). The van der Waals surface area contributed by atoms with Crippen LogP contribution >= 0.6 is 11.8 Å². The Labute approximate surface area is 136 Å². The quantitative estimate of drug-likeness (QED) is 0.763. The third-order valence-corrected chi connectivity index (χ3v) is 4.19. The number of amides is 1. The summed E-state index contributed by atoms with van der Waals surface area (Å²) in [5.41, 5.74) is 3.25. The molecule has 0 aliphatic rings. The van der Waals surface area contributed by atoms with Crippen molar-refractivity contribution in [3.05, 3.63) is 59.7 Å². The average Bonchev–Trinajstić information content (AvgIpc) is 2.53. The summed E-state index contributed by atoms with van der Waals surface area (Å²) in [6, 6.07) is 16.2. The number of benzene rings is 2. The van der Waals surface area contributed by atoms with Gasteiger partial charge in [-0.2, -0.15) is 0 Å². The predicted molar refractivity (Wildman–Crippen MR) is 94.4 cm³/mol. The molecule has 1 amide bonds. The number of rotatable bonds is 7. The molecule has 0 aliphatic carbocycles. The summed E-state index contributed by atoms with van der Waals surface area (Å²) < 4.78 is 0. The number of aryl methyl sites for hydroxylation is 1. The molecule has 4 heteroatoms. The molecule has 2 aromatic carbocycles. The van der Waals surface area contributed by atoms with Gasteiger partial charge in [-0.05, 0) is 43.3 Å². The fourth-order valence-electron chi connectivity index (χ4n) is 2.01. The van der Waals surface area contributed by atoms with E-state index in [1.54, 1.807) is 11.8 Å². The Bertz CT molecular complexity index is 611. The van der Waals surface area contributed by atoms with Gasteiger partial charge in [0.15, 0.2) is 0 Å². The summed E-state index contributed by atoms with van der Waals surface area (Å²) in [6.07, 6.45) is 0. The van der Waals surface area contributed by atoms with E-state index in [1.807, 2.05) is 30.3 Å². The van der Waals surface area contributed by atoms with Crippen molar-refractivity contribution in [2.75, 3.05) is 17.6 Å². The number of hydrogen-bond donors (Lipinski definition) is 2. The molecule has 0 heterocycles. The Morgan fingerprint density at radius 3 is 2.64 bits per heavy atom. The van der Waals surface area contributed by atoms with E-state index < -0.39 is 0 Å². The van der Waals surface area contributed by atoms with Crippen LogP contribution in [0.5, 0.6) is 0 Å².